The Morgan fingerprint density at radius 2 is 1.52 bits per heavy atom. The summed E-state index contributed by atoms with van der Waals surface area (Å²) in [5.74, 6) is -0.0418. The second-order valence-electron chi connectivity index (χ2n) is 6.85. The van der Waals surface area contributed by atoms with Gasteiger partial charge in [0.25, 0.3) is 5.91 Å². The standard InChI is InChI=1S/C20H26N2O/c1-20(2,3)18-10-6-15(7-11-18)12-13-22-19(23)17-8-4-16(14-21)5-9-17/h4-11H,12-14,21H2,1-3H3,(H,22,23). The number of hydrogen-bond donors (Lipinski definition) is 2. The molecule has 23 heavy (non-hydrogen) atoms. The molecular formula is C20H26N2O. The molecule has 0 aliphatic heterocycles. The lowest BCUT2D eigenvalue weighted by molar-refractivity contribution is 0.0954. The first-order chi connectivity index (χ1) is 10.9. The van der Waals surface area contributed by atoms with Crippen LogP contribution in [0.4, 0.5) is 0 Å². The SMILES string of the molecule is CC(C)(C)c1ccc(CCNC(=O)c2ccc(CN)cc2)cc1. The van der Waals surface area contributed by atoms with E-state index in [0.717, 1.165) is 12.0 Å². The van der Waals surface area contributed by atoms with E-state index in [1.54, 1.807) is 0 Å². The minimum atomic E-state index is -0.0418. The van der Waals surface area contributed by atoms with Crippen LogP contribution in [0, 0.1) is 0 Å². The third-order valence-corrected chi connectivity index (χ3v) is 3.97. The van der Waals surface area contributed by atoms with E-state index >= 15 is 0 Å². The Hall–Kier alpha value is -2.13. The highest BCUT2D eigenvalue weighted by molar-refractivity contribution is 5.94. The van der Waals surface area contributed by atoms with Crippen LogP contribution in [0.3, 0.4) is 0 Å². The van der Waals surface area contributed by atoms with Crippen molar-refractivity contribution in [2.45, 2.75) is 39.2 Å². The topological polar surface area (TPSA) is 55.1 Å². The summed E-state index contributed by atoms with van der Waals surface area (Å²) >= 11 is 0. The molecule has 3 heteroatoms. The van der Waals surface area contributed by atoms with Gasteiger partial charge in [-0.15, -0.1) is 0 Å². The lowest BCUT2D eigenvalue weighted by Crippen LogP contribution is -2.25. The van der Waals surface area contributed by atoms with Gasteiger partial charge in [0.05, 0.1) is 0 Å². The van der Waals surface area contributed by atoms with E-state index in [4.69, 9.17) is 5.73 Å². The Labute approximate surface area is 138 Å². The molecule has 0 aromatic heterocycles. The molecule has 0 aliphatic rings. The number of carbonyl (C=O) groups excluding carboxylic acids is 1. The number of hydrogen-bond acceptors (Lipinski definition) is 2. The maximum Gasteiger partial charge on any atom is 0.251 e. The molecule has 0 bridgehead atoms. The molecule has 0 radical (unpaired) electrons. The molecule has 0 fully saturated rings. The fourth-order valence-corrected chi connectivity index (χ4v) is 2.39. The Balaban J connectivity index is 1.85. The predicted octanol–water partition coefficient (Wildman–Crippen LogP) is 3.42. The van der Waals surface area contributed by atoms with Gasteiger partial charge < -0.3 is 11.1 Å². The highest BCUT2D eigenvalue weighted by atomic mass is 16.1. The van der Waals surface area contributed by atoms with Crippen LogP contribution in [0.2, 0.25) is 0 Å². The Bertz CT molecular complexity index is 637. The smallest absolute Gasteiger partial charge is 0.251 e. The van der Waals surface area contributed by atoms with Gasteiger partial charge in [0.1, 0.15) is 0 Å². The average molecular weight is 310 g/mol. The molecule has 3 nitrogen and oxygen atoms in total. The van der Waals surface area contributed by atoms with Gasteiger partial charge in [-0.2, -0.15) is 0 Å². The van der Waals surface area contributed by atoms with Crippen molar-refractivity contribution in [3.05, 3.63) is 70.8 Å². The van der Waals surface area contributed by atoms with Crippen LogP contribution in [0.5, 0.6) is 0 Å². The minimum Gasteiger partial charge on any atom is -0.352 e. The number of nitrogens with two attached hydrogens (primary N) is 1. The fourth-order valence-electron chi connectivity index (χ4n) is 2.39. The van der Waals surface area contributed by atoms with Crippen molar-refractivity contribution in [2.75, 3.05) is 6.54 Å². The molecule has 3 N–H and O–H groups in total. The summed E-state index contributed by atoms with van der Waals surface area (Å²) in [5, 5.41) is 2.96. The number of carbonyl (C=O) groups is 1. The van der Waals surface area contributed by atoms with E-state index in [2.05, 4.69) is 50.4 Å². The highest BCUT2D eigenvalue weighted by Crippen LogP contribution is 2.22. The van der Waals surface area contributed by atoms with Crippen LogP contribution in [0.15, 0.2) is 48.5 Å². The molecule has 0 aliphatic carbocycles. The molecule has 2 aromatic carbocycles. The molecule has 0 atom stereocenters. The molecule has 0 saturated heterocycles. The van der Waals surface area contributed by atoms with Crippen LogP contribution >= 0.6 is 0 Å². The maximum atomic E-state index is 12.1. The van der Waals surface area contributed by atoms with E-state index in [-0.39, 0.29) is 11.3 Å². The minimum absolute atomic E-state index is 0.0418. The zero-order chi connectivity index (χ0) is 16.9. The molecule has 2 rings (SSSR count). The summed E-state index contributed by atoms with van der Waals surface area (Å²) in [6.45, 7) is 7.74. The van der Waals surface area contributed by atoms with Gasteiger partial charge in [0.15, 0.2) is 0 Å². The van der Waals surface area contributed by atoms with E-state index < -0.39 is 0 Å². The van der Waals surface area contributed by atoms with Crippen molar-refractivity contribution < 1.29 is 4.79 Å². The molecule has 0 spiro atoms. The normalized spacial score (nSPS) is 11.3. The average Bonchev–Trinajstić information content (AvgIpc) is 2.54. The second kappa shape index (κ2) is 7.42. The molecule has 1 amide bonds. The predicted molar refractivity (Wildman–Crippen MR) is 95.5 cm³/mol. The molecular weight excluding hydrogens is 284 g/mol. The van der Waals surface area contributed by atoms with Gasteiger partial charge in [0, 0.05) is 18.7 Å². The monoisotopic (exact) mass is 310 g/mol. The van der Waals surface area contributed by atoms with E-state index in [1.165, 1.54) is 11.1 Å². The lowest BCUT2D eigenvalue weighted by Gasteiger charge is -2.19. The van der Waals surface area contributed by atoms with Gasteiger partial charge in [-0.05, 0) is 40.7 Å². The lowest BCUT2D eigenvalue weighted by atomic mass is 9.86. The Morgan fingerprint density at radius 1 is 0.957 bits per heavy atom. The van der Waals surface area contributed by atoms with Gasteiger partial charge in [-0.1, -0.05) is 57.2 Å². The summed E-state index contributed by atoms with van der Waals surface area (Å²) in [7, 11) is 0. The summed E-state index contributed by atoms with van der Waals surface area (Å²) in [5.41, 5.74) is 9.98. The van der Waals surface area contributed by atoms with Crippen molar-refractivity contribution in [3.63, 3.8) is 0 Å². The van der Waals surface area contributed by atoms with Crippen molar-refractivity contribution in [2.24, 2.45) is 5.73 Å². The van der Waals surface area contributed by atoms with E-state index in [1.807, 2.05) is 24.3 Å². The molecule has 2 aromatic rings. The van der Waals surface area contributed by atoms with E-state index in [9.17, 15) is 4.79 Å². The summed E-state index contributed by atoms with van der Waals surface area (Å²) in [4.78, 5) is 12.1. The van der Waals surface area contributed by atoms with Crippen LogP contribution < -0.4 is 11.1 Å². The van der Waals surface area contributed by atoms with Gasteiger partial charge in [-0.25, -0.2) is 0 Å². The van der Waals surface area contributed by atoms with Crippen molar-refractivity contribution in [3.8, 4) is 0 Å². The Morgan fingerprint density at radius 3 is 2.04 bits per heavy atom. The molecule has 0 saturated carbocycles. The first-order valence-corrected chi connectivity index (χ1v) is 8.07. The van der Waals surface area contributed by atoms with Crippen molar-refractivity contribution in [1.29, 1.82) is 0 Å². The van der Waals surface area contributed by atoms with Crippen LogP contribution in [0.1, 0.15) is 47.8 Å². The first-order valence-electron chi connectivity index (χ1n) is 8.07. The number of benzene rings is 2. The molecule has 0 heterocycles. The van der Waals surface area contributed by atoms with Crippen LogP contribution in [0.25, 0.3) is 0 Å². The number of amides is 1. The van der Waals surface area contributed by atoms with Gasteiger partial charge in [-0.3, -0.25) is 4.79 Å². The Kier molecular flexibility index (Phi) is 5.56. The van der Waals surface area contributed by atoms with Crippen molar-refractivity contribution in [1.82, 2.24) is 5.32 Å². The first kappa shape index (κ1) is 17.2. The molecule has 0 unspecified atom stereocenters. The number of nitrogens with one attached hydrogen (secondary N) is 1. The van der Waals surface area contributed by atoms with Gasteiger partial charge >= 0.3 is 0 Å². The summed E-state index contributed by atoms with van der Waals surface area (Å²) in [6.07, 6.45) is 0.830. The van der Waals surface area contributed by atoms with E-state index in [0.29, 0.717) is 18.7 Å². The number of rotatable bonds is 5. The fraction of sp³-hybridized carbons (Fsp3) is 0.350. The summed E-state index contributed by atoms with van der Waals surface area (Å²) in [6, 6.07) is 16.0. The second-order valence-corrected chi connectivity index (χ2v) is 6.85. The third-order valence-electron chi connectivity index (χ3n) is 3.97. The highest BCUT2D eigenvalue weighted by Gasteiger charge is 2.12. The molecule has 122 valence electrons. The maximum absolute atomic E-state index is 12.1. The summed E-state index contributed by atoms with van der Waals surface area (Å²) < 4.78 is 0. The zero-order valence-corrected chi connectivity index (χ0v) is 14.2. The van der Waals surface area contributed by atoms with Crippen LogP contribution in [-0.4, -0.2) is 12.5 Å². The zero-order valence-electron chi connectivity index (χ0n) is 14.2. The third kappa shape index (κ3) is 4.93. The van der Waals surface area contributed by atoms with Gasteiger partial charge in [0.2, 0.25) is 0 Å². The van der Waals surface area contributed by atoms with Crippen LogP contribution in [-0.2, 0) is 18.4 Å². The quantitative estimate of drug-likeness (QED) is 0.889. The van der Waals surface area contributed by atoms with Crippen molar-refractivity contribution >= 4 is 5.91 Å². The largest absolute Gasteiger partial charge is 0.352 e.